The molecule has 3 atom stereocenters. The normalized spacial score (nSPS) is 23.9. The summed E-state index contributed by atoms with van der Waals surface area (Å²) in [6.45, 7) is 6.30. The zero-order valence-corrected chi connectivity index (χ0v) is 27.7. The van der Waals surface area contributed by atoms with Gasteiger partial charge in [0, 0.05) is 50.8 Å². The van der Waals surface area contributed by atoms with E-state index < -0.39 is 17.4 Å². The minimum atomic E-state index is -0.621. The molecule has 4 aliphatic rings. The van der Waals surface area contributed by atoms with E-state index in [-0.39, 0.29) is 41.5 Å². The molecule has 0 bridgehead atoms. The molecule has 0 unspecified atom stereocenters. The first-order chi connectivity index (χ1) is 22.1. The summed E-state index contributed by atoms with van der Waals surface area (Å²) < 4.78 is 1.75. The van der Waals surface area contributed by atoms with Crippen LogP contribution in [0.5, 0.6) is 0 Å². The van der Waals surface area contributed by atoms with Gasteiger partial charge in [-0.1, -0.05) is 89.1 Å². The summed E-state index contributed by atoms with van der Waals surface area (Å²) >= 11 is 0. The number of hydrogen-bond donors (Lipinski definition) is 2. The van der Waals surface area contributed by atoms with E-state index in [2.05, 4.69) is 29.6 Å². The van der Waals surface area contributed by atoms with Crippen LogP contribution in [0.3, 0.4) is 0 Å². The molecule has 2 N–H and O–H groups in total. The Balaban J connectivity index is 1.14. The average Bonchev–Trinajstić information content (AvgIpc) is 3.35. The van der Waals surface area contributed by atoms with Gasteiger partial charge in [0.15, 0.2) is 0 Å². The van der Waals surface area contributed by atoms with Crippen molar-refractivity contribution in [3.63, 3.8) is 0 Å². The Hall–Kier alpha value is -3.69. The Bertz CT molecular complexity index is 1420. The molecule has 1 aromatic heterocycles. The summed E-state index contributed by atoms with van der Waals surface area (Å²) in [5.74, 6) is -0.208. The van der Waals surface area contributed by atoms with Crippen LogP contribution >= 0.6 is 0 Å². The first-order valence-electron chi connectivity index (χ1n) is 17.2. The van der Waals surface area contributed by atoms with Crippen molar-refractivity contribution in [2.75, 3.05) is 33.2 Å². The summed E-state index contributed by atoms with van der Waals surface area (Å²) in [6, 6.07) is 9.33. The Morgan fingerprint density at radius 2 is 1.67 bits per heavy atom. The molecular formula is C36H50N6O4. The van der Waals surface area contributed by atoms with Gasteiger partial charge in [-0.05, 0) is 29.7 Å². The smallest absolute Gasteiger partial charge is 0.257 e. The predicted octanol–water partition coefficient (Wildman–Crippen LogP) is 3.86. The molecule has 10 heteroatoms. The van der Waals surface area contributed by atoms with Gasteiger partial charge in [-0.3, -0.25) is 23.9 Å². The lowest BCUT2D eigenvalue weighted by Crippen LogP contribution is -2.65. The molecule has 6 rings (SSSR count). The number of amides is 4. The van der Waals surface area contributed by atoms with Gasteiger partial charge < -0.3 is 20.4 Å². The zero-order valence-electron chi connectivity index (χ0n) is 27.7. The second kappa shape index (κ2) is 13.2. The van der Waals surface area contributed by atoms with Crippen LogP contribution in [0, 0.1) is 28.6 Å². The van der Waals surface area contributed by atoms with E-state index in [1.807, 2.05) is 35.2 Å². The number of likely N-dealkylation sites (tertiary alicyclic amines) is 2. The summed E-state index contributed by atoms with van der Waals surface area (Å²) in [6.07, 6.45) is 13.2. The highest BCUT2D eigenvalue weighted by Crippen LogP contribution is 2.54. The Morgan fingerprint density at radius 3 is 2.35 bits per heavy atom. The number of aromatic nitrogens is 2. The highest BCUT2D eigenvalue weighted by atomic mass is 16.2. The zero-order chi connectivity index (χ0) is 32.5. The summed E-state index contributed by atoms with van der Waals surface area (Å²) in [5.41, 5.74) is 1.05. The SMILES string of the molecule is CNC(=O)[C@H](CCCC1CCCCC1)NC(=O)[C@@H]1CN(C(=O)c2cnn(Cc3ccccc3)c2)CC12CN(C(=O)[C@H]1CC1(C)C)C2. The van der Waals surface area contributed by atoms with Crippen molar-refractivity contribution in [3.8, 4) is 0 Å². The van der Waals surface area contributed by atoms with Crippen LogP contribution in [-0.4, -0.2) is 82.5 Å². The second-order valence-corrected chi connectivity index (χ2v) is 15.1. The third kappa shape index (κ3) is 6.86. The molecule has 2 saturated heterocycles. The topological polar surface area (TPSA) is 117 Å². The van der Waals surface area contributed by atoms with Gasteiger partial charge in [0.2, 0.25) is 17.7 Å². The number of carbonyl (C=O) groups is 4. The number of benzene rings is 1. The van der Waals surface area contributed by atoms with Crippen molar-refractivity contribution in [2.24, 2.45) is 28.6 Å². The fraction of sp³-hybridized carbons (Fsp3) is 0.639. The predicted molar refractivity (Wildman–Crippen MR) is 174 cm³/mol. The van der Waals surface area contributed by atoms with Gasteiger partial charge in [-0.25, -0.2) is 0 Å². The van der Waals surface area contributed by atoms with Crippen LogP contribution in [0.15, 0.2) is 42.7 Å². The van der Waals surface area contributed by atoms with Gasteiger partial charge >= 0.3 is 0 Å². The molecule has 2 aliphatic carbocycles. The van der Waals surface area contributed by atoms with Crippen molar-refractivity contribution in [3.05, 3.63) is 53.9 Å². The quantitative estimate of drug-likeness (QED) is 0.391. The Labute approximate surface area is 272 Å². The fourth-order valence-electron chi connectivity index (χ4n) is 8.10. The molecule has 10 nitrogen and oxygen atoms in total. The van der Waals surface area contributed by atoms with E-state index in [0.29, 0.717) is 44.1 Å². The first kappa shape index (κ1) is 32.3. The maximum absolute atomic E-state index is 14.0. The molecule has 1 spiro atoms. The molecule has 3 heterocycles. The molecule has 46 heavy (non-hydrogen) atoms. The third-order valence-electron chi connectivity index (χ3n) is 11.2. The van der Waals surface area contributed by atoms with Crippen molar-refractivity contribution in [1.82, 2.24) is 30.2 Å². The summed E-state index contributed by atoms with van der Waals surface area (Å²) in [4.78, 5) is 57.6. The maximum Gasteiger partial charge on any atom is 0.257 e. The maximum atomic E-state index is 14.0. The van der Waals surface area contributed by atoms with Crippen LogP contribution in [0.4, 0.5) is 0 Å². The van der Waals surface area contributed by atoms with Gasteiger partial charge in [0.05, 0.1) is 24.2 Å². The van der Waals surface area contributed by atoms with Gasteiger partial charge in [0.25, 0.3) is 5.91 Å². The standard InChI is InChI=1S/C36H50N6O4/c1-35(2)17-28(35)34(46)41-23-36(24-41)22-40(33(45)27-18-38-42(20-27)19-26-13-8-5-9-14-26)21-29(36)31(43)39-30(32(44)37-3)16-10-15-25-11-6-4-7-12-25/h5,8-9,13-14,18,20,25,28-30H,4,6-7,10-12,15-17,19,21-24H2,1-3H3,(H,37,44)(H,39,43)/t28-,29+,30+/m1/s1. The highest BCUT2D eigenvalue weighted by Gasteiger charge is 2.62. The van der Waals surface area contributed by atoms with Gasteiger partial charge in [0.1, 0.15) is 6.04 Å². The van der Waals surface area contributed by atoms with Crippen LogP contribution in [0.1, 0.15) is 87.6 Å². The van der Waals surface area contributed by atoms with Crippen molar-refractivity contribution in [2.45, 2.75) is 84.2 Å². The van der Waals surface area contributed by atoms with Crippen LogP contribution in [-0.2, 0) is 20.9 Å². The number of carbonyl (C=O) groups excluding carboxylic acids is 4. The van der Waals surface area contributed by atoms with E-state index in [0.717, 1.165) is 24.8 Å². The average molecular weight is 631 g/mol. The Morgan fingerprint density at radius 1 is 0.978 bits per heavy atom. The van der Waals surface area contributed by atoms with E-state index in [1.54, 1.807) is 29.0 Å². The van der Waals surface area contributed by atoms with Crippen LogP contribution < -0.4 is 10.6 Å². The number of nitrogens with one attached hydrogen (secondary N) is 2. The Kier molecular flexibility index (Phi) is 9.26. The number of nitrogens with zero attached hydrogens (tertiary/aromatic N) is 4. The lowest BCUT2D eigenvalue weighted by molar-refractivity contribution is -0.151. The summed E-state index contributed by atoms with van der Waals surface area (Å²) in [5, 5.41) is 10.2. The lowest BCUT2D eigenvalue weighted by atomic mass is 9.70. The van der Waals surface area contributed by atoms with E-state index in [4.69, 9.17) is 0 Å². The molecule has 2 aliphatic heterocycles. The van der Waals surface area contributed by atoms with Crippen LogP contribution in [0.25, 0.3) is 0 Å². The minimum Gasteiger partial charge on any atom is -0.357 e. The molecule has 248 valence electrons. The second-order valence-electron chi connectivity index (χ2n) is 15.1. The van der Waals surface area contributed by atoms with E-state index >= 15 is 0 Å². The molecule has 2 saturated carbocycles. The molecular weight excluding hydrogens is 580 g/mol. The third-order valence-corrected chi connectivity index (χ3v) is 11.2. The van der Waals surface area contributed by atoms with Gasteiger partial charge in [-0.15, -0.1) is 0 Å². The van der Waals surface area contributed by atoms with Crippen molar-refractivity contribution < 1.29 is 19.2 Å². The van der Waals surface area contributed by atoms with E-state index in [1.165, 1.54) is 32.1 Å². The molecule has 4 amide bonds. The monoisotopic (exact) mass is 630 g/mol. The molecule has 2 aromatic rings. The molecule has 1 aromatic carbocycles. The van der Waals surface area contributed by atoms with Crippen molar-refractivity contribution in [1.29, 1.82) is 0 Å². The highest BCUT2D eigenvalue weighted by molar-refractivity contribution is 5.95. The molecule has 0 radical (unpaired) electrons. The number of hydrogen-bond acceptors (Lipinski definition) is 5. The lowest BCUT2D eigenvalue weighted by Gasteiger charge is -2.50. The van der Waals surface area contributed by atoms with Crippen molar-refractivity contribution >= 4 is 23.6 Å². The van der Waals surface area contributed by atoms with Crippen LogP contribution in [0.2, 0.25) is 0 Å². The van der Waals surface area contributed by atoms with Gasteiger partial charge in [-0.2, -0.15) is 5.10 Å². The molecule has 4 fully saturated rings. The number of rotatable bonds is 11. The fourth-order valence-corrected chi connectivity index (χ4v) is 8.10. The summed E-state index contributed by atoms with van der Waals surface area (Å²) in [7, 11) is 1.60. The first-order valence-corrected chi connectivity index (χ1v) is 17.2. The minimum absolute atomic E-state index is 0.0204. The number of likely N-dealkylation sites (N-methyl/N-ethyl adjacent to an activating group) is 1. The van der Waals surface area contributed by atoms with E-state index in [9.17, 15) is 19.2 Å². The largest absolute Gasteiger partial charge is 0.357 e.